The van der Waals surface area contributed by atoms with Crippen molar-refractivity contribution in [3.8, 4) is 5.69 Å². The third kappa shape index (κ3) is 2.50. The molecule has 1 aromatic carbocycles. The summed E-state index contributed by atoms with van der Waals surface area (Å²) in [5.74, 6) is -4.44. The summed E-state index contributed by atoms with van der Waals surface area (Å²) >= 11 is 0. The Labute approximate surface area is 127 Å². The van der Waals surface area contributed by atoms with E-state index < -0.39 is 48.0 Å². The Morgan fingerprint density at radius 1 is 1.17 bits per heavy atom. The van der Waals surface area contributed by atoms with E-state index in [1.165, 1.54) is 18.2 Å². The maximum Gasteiger partial charge on any atom is 0.418 e. The second-order valence-corrected chi connectivity index (χ2v) is 5.39. The Balaban J connectivity index is 2.28. The van der Waals surface area contributed by atoms with Gasteiger partial charge in [0, 0.05) is 23.9 Å². The summed E-state index contributed by atoms with van der Waals surface area (Å²) in [5, 5.41) is 9.71. The van der Waals surface area contributed by atoms with E-state index in [0.29, 0.717) is 6.20 Å². The van der Waals surface area contributed by atoms with Crippen molar-refractivity contribution in [2.45, 2.75) is 31.0 Å². The van der Waals surface area contributed by atoms with Crippen molar-refractivity contribution in [1.29, 1.82) is 0 Å². The molecular weight excluding hydrogens is 324 g/mol. The van der Waals surface area contributed by atoms with E-state index in [9.17, 15) is 31.4 Å². The molecule has 0 aliphatic heterocycles. The fourth-order valence-corrected chi connectivity index (χ4v) is 2.84. The molecule has 1 heterocycles. The minimum absolute atomic E-state index is 0.152. The van der Waals surface area contributed by atoms with Crippen LogP contribution in [0.4, 0.5) is 26.3 Å². The first kappa shape index (κ1) is 15.9. The highest BCUT2D eigenvalue weighted by molar-refractivity contribution is 5.47. The quantitative estimate of drug-likeness (QED) is 0.775. The van der Waals surface area contributed by atoms with Crippen LogP contribution in [0.25, 0.3) is 5.69 Å². The number of hydrogen-bond donors (Lipinski definition) is 1. The van der Waals surface area contributed by atoms with Crippen molar-refractivity contribution in [2.75, 3.05) is 0 Å². The van der Waals surface area contributed by atoms with Gasteiger partial charge in [0.2, 0.25) is 0 Å². The van der Waals surface area contributed by atoms with Gasteiger partial charge in [-0.2, -0.15) is 13.2 Å². The molecule has 0 radical (unpaired) electrons. The molecule has 1 aromatic heterocycles. The maximum absolute atomic E-state index is 13.9. The van der Waals surface area contributed by atoms with E-state index in [1.807, 2.05) is 0 Å². The van der Waals surface area contributed by atoms with Crippen molar-refractivity contribution >= 4 is 0 Å². The molecule has 2 aromatic rings. The minimum atomic E-state index is -4.94. The van der Waals surface area contributed by atoms with Crippen molar-refractivity contribution < 1.29 is 31.4 Å². The van der Waals surface area contributed by atoms with Crippen molar-refractivity contribution in [3.63, 3.8) is 0 Å². The van der Waals surface area contributed by atoms with Crippen LogP contribution >= 0.6 is 0 Å². The third-order valence-electron chi connectivity index (χ3n) is 3.94. The lowest BCUT2D eigenvalue weighted by atomic mass is 9.89. The number of hydrogen-bond acceptors (Lipinski definition) is 1. The topological polar surface area (TPSA) is 25.2 Å². The van der Waals surface area contributed by atoms with Gasteiger partial charge >= 0.3 is 6.18 Å². The van der Waals surface area contributed by atoms with Crippen LogP contribution < -0.4 is 0 Å². The summed E-state index contributed by atoms with van der Waals surface area (Å²) in [6, 6.07) is 5.09. The molecule has 1 atom stereocenters. The van der Waals surface area contributed by atoms with Gasteiger partial charge in [-0.3, -0.25) is 0 Å². The number of benzene rings is 1. The summed E-state index contributed by atoms with van der Waals surface area (Å²) in [6.45, 7) is 0. The molecule has 8 heteroatoms. The van der Waals surface area contributed by atoms with E-state index >= 15 is 0 Å². The summed E-state index contributed by atoms with van der Waals surface area (Å²) in [4.78, 5) is 0. The Hall–Kier alpha value is -1.96. The smallest absolute Gasteiger partial charge is 0.382 e. The molecule has 0 fully saturated rings. The molecule has 1 aliphatic carbocycles. The van der Waals surface area contributed by atoms with Gasteiger partial charge in [-0.25, -0.2) is 13.2 Å². The predicted molar refractivity (Wildman–Crippen MR) is 69.0 cm³/mol. The lowest BCUT2D eigenvalue weighted by Gasteiger charge is -2.29. The second-order valence-electron chi connectivity index (χ2n) is 5.39. The summed E-state index contributed by atoms with van der Waals surface area (Å²) in [7, 11) is 0. The molecule has 0 bridgehead atoms. The largest absolute Gasteiger partial charge is 0.418 e. The number of alkyl halides is 5. The van der Waals surface area contributed by atoms with Crippen LogP contribution in [0.5, 0.6) is 0 Å². The molecule has 1 unspecified atom stereocenters. The molecule has 0 saturated carbocycles. The normalized spacial score (nSPS) is 20.4. The summed E-state index contributed by atoms with van der Waals surface area (Å²) < 4.78 is 81.6. The van der Waals surface area contributed by atoms with Crippen LogP contribution in [0.15, 0.2) is 30.5 Å². The Bertz CT molecular complexity index is 749. The van der Waals surface area contributed by atoms with Gasteiger partial charge in [-0.1, -0.05) is 12.1 Å². The highest BCUT2D eigenvalue weighted by Crippen LogP contribution is 2.48. The lowest BCUT2D eigenvalue weighted by molar-refractivity contribution is -0.147. The number of halogens is 6. The first-order valence-electron chi connectivity index (χ1n) is 6.75. The number of rotatable bonds is 1. The molecule has 1 N–H and O–H groups in total. The Kier molecular flexibility index (Phi) is 3.47. The highest BCUT2D eigenvalue weighted by Gasteiger charge is 2.50. The van der Waals surface area contributed by atoms with Crippen LogP contribution in [0, 0.1) is 5.82 Å². The zero-order chi connectivity index (χ0) is 17.0. The number of aromatic nitrogens is 1. The first-order valence-corrected chi connectivity index (χ1v) is 6.75. The van der Waals surface area contributed by atoms with Gasteiger partial charge in [-0.05, 0) is 18.6 Å². The Morgan fingerprint density at radius 3 is 2.43 bits per heavy atom. The summed E-state index contributed by atoms with van der Waals surface area (Å²) in [5.41, 5.74) is -2.59. The average molecular weight is 335 g/mol. The molecule has 0 saturated heterocycles. The van der Waals surface area contributed by atoms with Crippen molar-refractivity contribution in [1.82, 2.24) is 4.57 Å². The van der Waals surface area contributed by atoms with Crippen molar-refractivity contribution in [3.05, 3.63) is 53.1 Å². The Morgan fingerprint density at radius 2 is 1.83 bits per heavy atom. The van der Waals surface area contributed by atoms with Gasteiger partial charge in [0.1, 0.15) is 11.9 Å². The number of nitrogens with zero attached hydrogens (tertiary/aromatic N) is 1. The van der Waals surface area contributed by atoms with Crippen LogP contribution in [0.3, 0.4) is 0 Å². The number of aliphatic hydroxyl groups is 1. The monoisotopic (exact) mass is 335 g/mol. The van der Waals surface area contributed by atoms with E-state index in [2.05, 4.69) is 0 Å². The number of aliphatic hydroxyl groups excluding tert-OH is 1. The summed E-state index contributed by atoms with van der Waals surface area (Å²) in [6.07, 6.45) is -8.15. The maximum atomic E-state index is 13.9. The van der Waals surface area contributed by atoms with Crippen LogP contribution in [-0.4, -0.2) is 15.6 Å². The highest BCUT2D eigenvalue weighted by atomic mass is 19.4. The van der Waals surface area contributed by atoms with Gasteiger partial charge < -0.3 is 9.67 Å². The molecule has 1 aliphatic rings. The predicted octanol–water partition coefficient (Wildman–Crippen LogP) is 4.25. The molecule has 2 nitrogen and oxygen atoms in total. The van der Waals surface area contributed by atoms with Crippen molar-refractivity contribution in [2.24, 2.45) is 0 Å². The van der Waals surface area contributed by atoms with Gasteiger partial charge in [0.05, 0.1) is 11.3 Å². The van der Waals surface area contributed by atoms with E-state index in [4.69, 9.17) is 0 Å². The van der Waals surface area contributed by atoms with Crippen LogP contribution in [0.2, 0.25) is 0 Å². The van der Waals surface area contributed by atoms with Gasteiger partial charge in [0.25, 0.3) is 5.92 Å². The lowest BCUT2D eigenvalue weighted by Crippen LogP contribution is -2.33. The molecule has 124 valence electrons. The SMILES string of the molecule is OC1c2c(C(F)(F)F)cn(-c3ccccc3F)c2CCC1(F)F. The standard InChI is InChI=1S/C15H11F6NO/c16-9-3-1-2-4-10(9)22-7-8(15(19,20)21)12-11(22)5-6-14(17,18)13(12)23/h1-4,7,13,23H,5-6H2. The molecule has 0 spiro atoms. The van der Waals surface area contributed by atoms with E-state index in [0.717, 1.165) is 10.6 Å². The third-order valence-corrected chi connectivity index (χ3v) is 3.94. The molecule has 23 heavy (non-hydrogen) atoms. The molecular formula is C15H11F6NO. The molecule has 3 rings (SSSR count). The second kappa shape index (κ2) is 5.02. The molecule has 0 amide bonds. The van der Waals surface area contributed by atoms with E-state index in [1.54, 1.807) is 0 Å². The zero-order valence-corrected chi connectivity index (χ0v) is 11.5. The van der Waals surface area contributed by atoms with Crippen LogP contribution in [0.1, 0.15) is 29.3 Å². The number of fused-ring (bicyclic) bond motifs is 1. The van der Waals surface area contributed by atoms with Gasteiger partial charge in [0.15, 0.2) is 0 Å². The fraction of sp³-hybridized carbons (Fsp3) is 0.333. The minimum Gasteiger partial charge on any atom is -0.382 e. The van der Waals surface area contributed by atoms with Gasteiger partial charge in [-0.15, -0.1) is 0 Å². The number of para-hydroxylation sites is 1. The fourth-order valence-electron chi connectivity index (χ4n) is 2.84. The van der Waals surface area contributed by atoms with Crippen LogP contribution in [-0.2, 0) is 12.6 Å². The zero-order valence-electron chi connectivity index (χ0n) is 11.5. The van der Waals surface area contributed by atoms with E-state index in [-0.39, 0.29) is 11.4 Å². The average Bonchev–Trinajstić information content (AvgIpc) is 2.83. The first-order chi connectivity index (χ1) is 10.6.